The molecule has 1 N–H and O–H groups in total. The normalized spacial score (nSPS) is 17.6. The van der Waals surface area contributed by atoms with Crippen molar-refractivity contribution in [3.8, 4) is 0 Å². The molecule has 0 aliphatic heterocycles. The van der Waals surface area contributed by atoms with E-state index in [9.17, 15) is 12.8 Å². The topological polar surface area (TPSA) is 46.2 Å². The van der Waals surface area contributed by atoms with E-state index in [1.165, 1.54) is 25.3 Å². The van der Waals surface area contributed by atoms with Crippen molar-refractivity contribution in [2.75, 3.05) is 6.54 Å². The first-order valence-corrected chi connectivity index (χ1v) is 8.71. The lowest BCUT2D eigenvalue weighted by molar-refractivity contribution is 0.357. The Hall–Kier alpha value is -0.460. The van der Waals surface area contributed by atoms with Crippen molar-refractivity contribution in [2.24, 2.45) is 5.92 Å². The molecule has 0 spiro atoms. The van der Waals surface area contributed by atoms with Gasteiger partial charge >= 0.3 is 0 Å². The summed E-state index contributed by atoms with van der Waals surface area (Å²) >= 11 is 3.09. The van der Waals surface area contributed by atoms with E-state index in [2.05, 4.69) is 20.7 Å². The van der Waals surface area contributed by atoms with Crippen LogP contribution in [0.15, 0.2) is 27.6 Å². The zero-order valence-corrected chi connectivity index (χ0v) is 12.9. The summed E-state index contributed by atoms with van der Waals surface area (Å²) in [6.07, 6.45) is 5.74. The van der Waals surface area contributed by atoms with E-state index in [-0.39, 0.29) is 9.37 Å². The van der Waals surface area contributed by atoms with Crippen molar-refractivity contribution in [1.82, 2.24) is 4.72 Å². The standard InChI is InChI=1S/C13H17BrFNO2S/c14-12-8-11(15)6-7-13(12)19(17,18)16-9-10-4-2-1-3-5-10/h6-8,10,16H,1-5,9H2. The van der Waals surface area contributed by atoms with E-state index in [1.54, 1.807) is 0 Å². The highest BCUT2D eigenvalue weighted by Gasteiger charge is 2.20. The summed E-state index contributed by atoms with van der Waals surface area (Å²) in [7, 11) is -3.57. The summed E-state index contributed by atoms with van der Waals surface area (Å²) in [5.41, 5.74) is 0. The van der Waals surface area contributed by atoms with Crippen LogP contribution in [0.25, 0.3) is 0 Å². The predicted molar refractivity (Wildman–Crippen MR) is 75.9 cm³/mol. The van der Waals surface area contributed by atoms with Crippen molar-refractivity contribution in [3.63, 3.8) is 0 Å². The molecule has 1 aliphatic carbocycles. The third kappa shape index (κ3) is 4.00. The van der Waals surface area contributed by atoms with Gasteiger partial charge in [0.15, 0.2) is 0 Å². The molecule has 1 fully saturated rings. The Morgan fingerprint density at radius 1 is 1.26 bits per heavy atom. The molecule has 0 bridgehead atoms. The first-order chi connectivity index (χ1) is 8.99. The minimum absolute atomic E-state index is 0.0877. The van der Waals surface area contributed by atoms with Crippen LogP contribution < -0.4 is 4.72 Å². The Labute approximate surface area is 121 Å². The summed E-state index contributed by atoms with van der Waals surface area (Å²) < 4.78 is 40.1. The molecule has 19 heavy (non-hydrogen) atoms. The highest BCUT2D eigenvalue weighted by molar-refractivity contribution is 9.10. The lowest BCUT2D eigenvalue weighted by atomic mass is 9.90. The Morgan fingerprint density at radius 3 is 2.58 bits per heavy atom. The van der Waals surface area contributed by atoms with Crippen LogP contribution in [0, 0.1) is 11.7 Å². The van der Waals surface area contributed by atoms with E-state index < -0.39 is 15.8 Å². The molecule has 1 aliphatic rings. The highest BCUT2D eigenvalue weighted by Crippen LogP contribution is 2.25. The first kappa shape index (κ1) is 14.9. The number of sulfonamides is 1. The number of nitrogens with one attached hydrogen (secondary N) is 1. The van der Waals surface area contributed by atoms with Crippen LogP contribution in [0.1, 0.15) is 32.1 Å². The van der Waals surface area contributed by atoms with Crippen molar-refractivity contribution >= 4 is 26.0 Å². The molecule has 0 radical (unpaired) electrons. The zero-order chi connectivity index (χ0) is 13.9. The molecule has 106 valence electrons. The molecule has 1 aromatic carbocycles. The average Bonchev–Trinajstić information content (AvgIpc) is 2.37. The summed E-state index contributed by atoms with van der Waals surface area (Å²) in [5.74, 6) is -0.0409. The molecule has 0 aromatic heterocycles. The van der Waals surface area contributed by atoms with Crippen molar-refractivity contribution in [2.45, 2.75) is 37.0 Å². The Bertz CT molecular complexity index is 542. The van der Waals surface area contributed by atoms with Crippen LogP contribution in [-0.4, -0.2) is 15.0 Å². The molecular weight excluding hydrogens is 333 g/mol. The summed E-state index contributed by atoms with van der Waals surface area (Å²) in [6.45, 7) is 0.464. The van der Waals surface area contributed by atoms with Gasteiger partial charge in [0.05, 0.1) is 4.90 Å². The molecule has 0 atom stereocenters. The minimum atomic E-state index is -3.57. The zero-order valence-electron chi connectivity index (χ0n) is 10.5. The van der Waals surface area contributed by atoms with Crippen LogP contribution in [0.2, 0.25) is 0 Å². The smallest absolute Gasteiger partial charge is 0.211 e. The lowest BCUT2D eigenvalue weighted by Crippen LogP contribution is -2.30. The van der Waals surface area contributed by atoms with Gasteiger partial charge in [-0.3, -0.25) is 0 Å². The molecule has 2 rings (SSSR count). The first-order valence-electron chi connectivity index (χ1n) is 6.44. The van der Waals surface area contributed by atoms with Gasteiger partial charge < -0.3 is 0 Å². The second-order valence-electron chi connectivity index (χ2n) is 4.93. The maximum Gasteiger partial charge on any atom is 0.241 e. The average molecular weight is 350 g/mol. The van der Waals surface area contributed by atoms with Gasteiger partial charge in [-0.15, -0.1) is 0 Å². The molecule has 0 saturated heterocycles. The van der Waals surface area contributed by atoms with Gasteiger partial charge in [-0.1, -0.05) is 19.3 Å². The van der Waals surface area contributed by atoms with Crippen LogP contribution in [0.3, 0.4) is 0 Å². The molecule has 3 nitrogen and oxygen atoms in total. The van der Waals surface area contributed by atoms with Crippen LogP contribution >= 0.6 is 15.9 Å². The van der Waals surface area contributed by atoms with Crippen LogP contribution in [-0.2, 0) is 10.0 Å². The predicted octanol–water partition coefficient (Wildman–Crippen LogP) is 3.45. The summed E-state index contributed by atoms with van der Waals surface area (Å²) in [6, 6.07) is 3.59. The molecule has 0 amide bonds. The van der Waals surface area contributed by atoms with Crippen molar-refractivity contribution in [1.29, 1.82) is 0 Å². The van der Waals surface area contributed by atoms with Crippen LogP contribution in [0.5, 0.6) is 0 Å². The van der Waals surface area contributed by atoms with Gasteiger partial charge in [0.1, 0.15) is 5.82 Å². The summed E-state index contributed by atoms with van der Waals surface area (Å²) in [4.78, 5) is 0.0877. The van der Waals surface area contributed by atoms with E-state index in [4.69, 9.17) is 0 Å². The second kappa shape index (κ2) is 6.33. The Balaban J connectivity index is 2.05. The number of hydrogen-bond donors (Lipinski definition) is 1. The maximum absolute atomic E-state index is 13.0. The summed E-state index contributed by atoms with van der Waals surface area (Å²) in [5, 5.41) is 0. The molecular formula is C13H17BrFNO2S. The third-order valence-corrected chi connectivity index (χ3v) is 5.87. The monoisotopic (exact) mass is 349 g/mol. The molecule has 0 unspecified atom stereocenters. The Morgan fingerprint density at radius 2 is 1.95 bits per heavy atom. The second-order valence-corrected chi connectivity index (χ2v) is 7.52. The largest absolute Gasteiger partial charge is 0.241 e. The Kier molecular flexibility index (Phi) is 4.97. The van der Waals surface area contributed by atoms with Gasteiger partial charge in [-0.05, 0) is 52.9 Å². The van der Waals surface area contributed by atoms with E-state index >= 15 is 0 Å². The van der Waals surface area contributed by atoms with E-state index in [1.807, 2.05) is 0 Å². The minimum Gasteiger partial charge on any atom is -0.211 e. The fourth-order valence-electron chi connectivity index (χ4n) is 2.39. The van der Waals surface area contributed by atoms with Crippen molar-refractivity contribution in [3.05, 3.63) is 28.5 Å². The SMILES string of the molecule is O=S(=O)(NCC1CCCCC1)c1ccc(F)cc1Br. The molecule has 1 aromatic rings. The maximum atomic E-state index is 13.0. The van der Waals surface area contributed by atoms with Gasteiger partial charge in [-0.25, -0.2) is 17.5 Å². The number of halogens is 2. The van der Waals surface area contributed by atoms with Gasteiger partial charge in [0, 0.05) is 11.0 Å². The van der Waals surface area contributed by atoms with Gasteiger partial charge in [0.25, 0.3) is 0 Å². The molecule has 0 heterocycles. The molecule has 6 heteroatoms. The number of hydrogen-bond acceptors (Lipinski definition) is 2. The fourth-order valence-corrected chi connectivity index (χ4v) is 4.55. The third-order valence-electron chi connectivity index (χ3n) is 3.47. The van der Waals surface area contributed by atoms with Gasteiger partial charge in [0.2, 0.25) is 10.0 Å². The van der Waals surface area contributed by atoms with Crippen molar-refractivity contribution < 1.29 is 12.8 Å². The van der Waals surface area contributed by atoms with Gasteiger partial charge in [-0.2, -0.15) is 0 Å². The quantitative estimate of drug-likeness (QED) is 0.904. The fraction of sp³-hybridized carbons (Fsp3) is 0.538. The van der Waals surface area contributed by atoms with E-state index in [0.29, 0.717) is 12.5 Å². The number of benzene rings is 1. The van der Waals surface area contributed by atoms with E-state index in [0.717, 1.165) is 25.0 Å². The molecule has 1 saturated carbocycles. The lowest BCUT2D eigenvalue weighted by Gasteiger charge is -2.21. The van der Waals surface area contributed by atoms with Crippen LogP contribution in [0.4, 0.5) is 4.39 Å². The highest BCUT2D eigenvalue weighted by atomic mass is 79.9. The number of rotatable bonds is 4.